The summed E-state index contributed by atoms with van der Waals surface area (Å²) in [4.78, 5) is 27.9. The number of halogens is 1. The first kappa shape index (κ1) is 28.6. The van der Waals surface area contributed by atoms with Gasteiger partial charge in [0.15, 0.2) is 0 Å². The van der Waals surface area contributed by atoms with Crippen LogP contribution >= 0.6 is 15.9 Å². The molecule has 35 heavy (non-hydrogen) atoms. The summed E-state index contributed by atoms with van der Waals surface area (Å²) in [5, 5.41) is 2.86. The number of hydrogen-bond donors (Lipinski definition) is 1. The maximum Gasteiger partial charge on any atom is 0.244 e. The monoisotopic (exact) mass is 567 g/mol. The van der Waals surface area contributed by atoms with Gasteiger partial charge in [-0.15, -0.1) is 0 Å². The van der Waals surface area contributed by atoms with E-state index in [2.05, 4.69) is 21.2 Å². The van der Waals surface area contributed by atoms with Crippen LogP contribution in [0.4, 0.5) is 5.69 Å². The Bertz CT molecular complexity index is 1140. The second kappa shape index (κ2) is 12.9. The van der Waals surface area contributed by atoms with Gasteiger partial charge in [-0.1, -0.05) is 47.5 Å². The predicted molar refractivity (Wildman–Crippen MR) is 142 cm³/mol. The molecular weight excluding hydrogens is 534 g/mol. The van der Waals surface area contributed by atoms with Crippen LogP contribution in [0.3, 0.4) is 0 Å². The number of nitrogens with one attached hydrogen (secondary N) is 1. The van der Waals surface area contributed by atoms with E-state index in [1.165, 1.54) is 12.0 Å². The van der Waals surface area contributed by atoms with Crippen molar-refractivity contribution in [2.24, 2.45) is 0 Å². The van der Waals surface area contributed by atoms with E-state index in [1.807, 2.05) is 38.1 Å². The van der Waals surface area contributed by atoms with Gasteiger partial charge in [-0.2, -0.15) is 0 Å². The van der Waals surface area contributed by atoms with Crippen LogP contribution in [0.2, 0.25) is 0 Å². The van der Waals surface area contributed by atoms with Crippen LogP contribution in [0, 0.1) is 6.92 Å². The molecule has 10 heteroatoms. The van der Waals surface area contributed by atoms with Crippen molar-refractivity contribution in [1.82, 2.24) is 10.2 Å². The molecule has 0 aliphatic rings. The van der Waals surface area contributed by atoms with Gasteiger partial charge in [0, 0.05) is 17.6 Å². The lowest BCUT2D eigenvalue weighted by Gasteiger charge is -2.32. The second-order valence-electron chi connectivity index (χ2n) is 8.42. The summed E-state index contributed by atoms with van der Waals surface area (Å²) in [5.41, 5.74) is 1.89. The van der Waals surface area contributed by atoms with E-state index >= 15 is 0 Å². The summed E-state index contributed by atoms with van der Waals surface area (Å²) in [5.74, 6) is -0.462. The number of ether oxygens (including phenoxy) is 1. The number of hydrogen-bond acceptors (Lipinski definition) is 5. The van der Waals surface area contributed by atoms with Crippen molar-refractivity contribution in [3.63, 3.8) is 0 Å². The third kappa shape index (κ3) is 8.24. The zero-order valence-corrected chi connectivity index (χ0v) is 23.3. The highest BCUT2D eigenvalue weighted by atomic mass is 79.9. The molecule has 0 fully saturated rings. The minimum absolute atomic E-state index is 0.142. The second-order valence-corrected chi connectivity index (χ2v) is 11.2. The molecule has 0 unspecified atom stereocenters. The number of unbranched alkanes of at least 4 members (excludes halogenated alkanes) is 1. The Hall–Kier alpha value is -2.59. The summed E-state index contributed by atoms with van der Waals surface area (Å²) >= 11 is 3.43. The van der Waals surface area contributed by atoms with Gasteiger partial charge < -0.3 is 15.0 Å². The molecule has 2 rings (SSSR count). The third-order valence-corrected chi connectivity index (χ3v) is 7.14. The van der Waals surface area contributed by atoms with Gasteiger partial charge in [0.1, 0.15) is 18.3 Å². The zero-order valence-electron chi connectivity index (χ0n) is 20.9. The minimum Gasteiger partial charge on any atom is -0.495 e. The molecule has 0 aromatic heterocycles. The molecule has 2 aromatic carbocycles. The third-order valence-electron chi connectivity index (χ3n) is 5.52. The van der Waals surface area contributed by atoms with Crippen molar-refractivity contribution in [1.29, 1.82) is 0 Å². The average Bonchev–Trinajstić information content (AvgIpc) is 2.79. The van der Waals surface area contributed by atoms with E-state index in [1.54, 1.807) is 25.1 Å². The molecule has 0 spiro atoms. The molecule has 0 saturated carbocycles. The van der Waals surface area contributed by atoms with E-state index in [0.29, 0.717) is 12.3 Å². The van der Waals surface area contributed by atoms with Crippen molar-refractivity contribution in [3.8, 4) is 5.75 Å². The highest BCUT2D eigenvalue weighted by Crippen LogP contribution is 2.31. The average molecular weight is 569 g/mol. The van der Waals surface area contributed by atoms with Crippen LogP contribution < -0.4 is 14.4 Å². The molecule has 0 heterocycles. The molecule has 0 aliphatic heterocycles. The summed E-state index contributed by atoms with van der Waals surface area (Å²) in [6.45, 7) is 5.68. The number of rotatable bonds is 12. The Kier molecular flexibility index (Phi) is 10.6. The molecule has 2 amide bonds. The Balaban J connectivity index is 2.42. The summed E-state index contributed by atoms with van der Waals surface area (Å²) in [6.07, 6.45) is 2.80. The Morgan fingerprint density at radius 1 is 1.17 bits per heavy atom. The molecule has 0 radical (unpaired) electrons. The van der Waals surface area contributed by atoms with Gasteiger partial charge in [-0.25, -0.2) is 8.42 Å². The van der Waals surface area contributed by atoms with Crippen LogP contribution in [-0.4, -0.2) is 57.6 Å². The maximum atomic E-state index is 13.6. The van der Waals surface area contributed by atoms with Gasteiger partial charge in [0.2, 0.25) is 21.8 Å². The van der Waals surface area contributed by atoms with E-state index < -0.39 is 28.5 Å². The van der Waals surface area contributed by atoms with Crippen molar-refractivity contribution >= 4 is 43.5 Å². The number of anilines is 1. The highest BCUT2D eigenvalue weighted by molar-refractivity contribution is 9.10. The lowest BCUT2D eigenvalue weighted by atomic mass is 10.1. The van der Waals surface area contributed by atoms with Crippen molar-refractivity contribution < 1.29 is 22.7 Å². The minimum atomic E-state index is -3.84. The largest absolute Gasteiger partial charge is 0.495 e. The highest BCUT2D eigenvalue weighted by Gasteiger charge is 2.31. The van der Waals surface area contributed by atoms with E-state index in [0.717, 1.165) is 39.0 Å². The Labute approximate surface area is 216 Å². The smallest absolute Gasteiger partial charge is 0.244 e. The topological polar surface area (TPSA) is 96.0 Å². The van der Waals surface area contributed by atoms with Crippen molar-refractivity contribution in [2.75, 3.05) is 30.8 Å². The number of carbonyl (C=O) groups excluding carboxylic acids is 2. The molecule has 1 atom stereocenters. The lowest BCUT2D eigenvalue weighted by Crippen LogP contribution is -2.51. The summed E-state index contributed by atoms with van der Waals surface area (Å²) < 4.78 is 32.8. The Morgan fingerprint density at radius 3 is 2.49 bits per heavy atom. The first-order chi connectivity index (χ1) is 16.5. The van der Waals surface area contributed by atoms with Gasteiger partial charge in [0.05, 0.1) is 19.1 Å². The summed E-state index contributed by atoms with van der Waals surface area (Å²) in [7, 11) is -2.40. The van der Waals surface area contributed by atoms with Gasteiger partial charge in [0.25, 0.3) is 0 Å². The summed E-state index contributed by atoms with van der Waals surface area (Å²) in [6, 6.07) is 11.7. The number of amides is 2. The molecule has 1 N–H and O–H groups in total. The molecule has 192 valence electrons. The van der Waals surface area contributed by atoms with Crippen molar-refractivity contribution in [2.45, 2.75) is 46.2 Å². The molecule has 0 saturated heterocycles. The van der Waals surface area contributed by atoms with Crippen LogP contribution in [0.15, 0.2) is 46.9 Å². The number of nitrogens with zero attached hydrogens (tertiary/aromatic N) is 2. The number of methoxy groups -OCH3 is 1. The van der Waals surface area contributed by atoms with Crippen molar-refractivity contribution in [3.05, 3.63) is 58.1 Å². The standard InChI is InChI=1S/C25H34BrN3O5S/c1-6-7-13-27-25(31)19(3)28(16-20-9-8-10-21(26)15-20)24(30)17-29(35(5,32)33)22-14-18(2)11-12-23(22)34-4/h8-12,14-15,19H,6-7,13,16-17H2,1-5H3,(H,27,31)/t19-/m1/s1. The number of aryl methyl sites for hydroxylation is 1. The molecular formula is C25H34BrN3O5S. The van der Waals surface area contributed by atoms with E-state index in [9.17, 15) is 18.0 Å². The maximum absolute atomic E-state index is 13.6. The fourth-order valence-electron chi connectivity index (χ4n) is 3.54. The fourth-order valence-corrected chi connectivity index (χ4v) is 4.83. The first-order valence-corrected chi connectivity index (χ1v) is 14.1. The molecule has 8 nitrogen and oxygen atoms in total. The number of sulfonamides is 1. The quantitative estimate of drug-likeness (QED) is 0.393. The van der Waals surface area contributed by atoms with Crippen LogP contribution in [0.5, 0.6) is 5.75 Å². The zero-order chi connectivity index (χ0) is 26.2. The number of benzene rings is 2. The van der Waals surface area contributed by atoms with Gasteiger partial charge in [-0.3, -0.25) is 13.9 Å². The van der Waals surface area contributed by atoms with Gasteiger partial charge >= 0.3 is 0 Å². The molecule has 0 bridgehead atoms. The van der Waals surface area contributed by atoms with E-state index in [4.69, 9.17) is 4.74 Å². The van der Waals surface area contributed by atoms with Crippen LogP contribution in [-0.2, 0) is 26.2 Å². The number of carbonyl (C=O) groups is 2. The fraction of sp³-hybridized carbons (Fsp3) is 0.440. The molecule has 0 aliphatic carbocycles. The van der Waals surface area contributed by atoms with Gasteiger partial charge in [-0.05, 0) is 55.7 Å². The predicted octanol–water partition coefficient (Wildman–Crippen LogP) is 3.87. The molecule has 2 aromatic rings. The van der Waals surface area contributed by atoms with Crippen LogP contribution in [0.1, 0.15) is 37.8 Å². The first-order valence-electron chi connectivity index (χ1n) is 11.4. The van der Waals surface area contributed by atoms with E-state index in [-0.39, 0.29) is 18.1 Å². The lowest BCUT2D eigenvalue weighted by molar-refractivity contribution is -0.139. The SMILES string of the molecule is CCCCNC(=O)[C@@H](C)N(Cc1cccc(Br)c1)C(=O)CN(c1cc(C)ccc1OC)S(C)(=O)=O. The Morgan fingerprint density at radius 2 is 1.89 bits per heavy atom. The normalized spacial score (nSPS) is 12.1. The van der Waals surface area contributed by atoms with Crippen LogP contribution in [0.25, 0.3) is 0 Å².